The van der Waals surface area contributed by atoms with E-state index < -0.39 is 12.3 Å². The van der Waals surface area contributed by atoms with Crippen LogP contribution in [-0.4, -0.2) is 12.3 Å². The second kappa shape index (κ2) is 3.21. The van der Waals surface area contributed by atoms with Gasteiger partial charge in [0.25, 0.3) is 6.29 Å². The molecule has 0 heterocycles. The third-order valence-corrected chi connectivity index (χ3v) is 0.475. The van der Waals surface area contributed by atoms with E-state index in [1.54, 1.807) is 0 Å². The minimum Gasteiger partial charge on any atom is -0.429 e. The minimum absolute atomic E-state index is 0.579. The molecule has 1 atom stereocenters. The van der Waals surface area contributed by atoms with Crippen molar-refractivity contribution < 1.29 is 14.6 Å². The van der Waals surface area contributed by atoms with Crippen LogP contribution in [0.5, 0.6) is 0 Å². The monoisotopic (exact) mass is 115 g/mol. The Morgan fingerprint density at radius 1 is 1.88 bits per heavy atom. The van der Waals surface area contributed by atoms with Crippen molar-refractivity contribution in [3.8, 4) is 0 Å². The topological polar surface area (TPSA) is 46.2 Å². The summed E-state index contributed by atoms with van der Waals surface area (Å²) in [5.74, 6) is -0.579. The largest absolute Gasteiger partial charge is 0.429 e. The zero-order valence-electron chi connectivity index (χ0n) is 4.59. The van der Waals surface area contributed by atoms with E-state index in [0.29, 0.717) is 0 Å². The highest BCUT2D eigenvalue weighted by atomic mass is 16.6. The average molecular weight is 115 g/mol. The molecule has 8 heavy (non-hydrogen) atoms. The molecule has 0 amide bonds. The molecule has 0 rings (SSSR count). The Bertz CT molecular complexity index is 97.8. The van der Waals surface area contributed by atoms with Gasteiger partial charge in [0.15, 0.2) is 0 Å². The lowest BCUT2D eigenvalue weighted by Crippen LogP contribution is -2.09. The zero-order chi connectivity index (χ0) is 6.57. The van der Waals surface area contributed by atoms with Crippen LogP contribution >= 0.6 is 0 Å². The molecule has 3 nitrogen and oxygen atoms in total. The third kappa shape index (κ3) is 3.36. The minimum atomic E-state index is -1.41. The SMILES string of the molecule is C=CC([O])OC(C)=O. The standard InChI is InChI=1S/C5H7O3/c1-3-5(7)8-4(2)6/h3,5H,1H2,2H3. The van der Waals surface area contributed by atoms with Gasteiger partial charge in [-0.15, -0.1) is 0 Å². The van der Waals surface area contributed by atoms with Crippen LogP contribution in [0, 0.1) is 0 Å². The quantitative estimate of drug-likeness (QED) is 0.298. The summed E-state index contributed by atoms with van der Waals surface area (Å²) in [6.45, 7) is 4.30. The summed E-state index contributed by atoms with van der Waals surface area (Å²) >= 11 is 0. The molecule has 45 valence electrons. The normalized spacial score (nSPS) is 12.2. The lowest BCUT2D eigenvalue weighted by molar-refractivity contribution is -0.165. The van der Waals surface area contributed by atoms with E-state index in [-0.39, 0.29) is 0 Å². The molecule has 0 aromatic heterocycles. The summed E-state index contributed by atoms with van der Waals surface area (Å²) in [5.41, 5.74) is 0. The van der Waals surface area contributed by atoms with E-state index in [1.807, 2.05) is 0 Å². The molecular weight excluding hydrogens is 108 g/mol. The Morgan fingerprint density at radius 2 is 2.38 bits per heavy atom. The van der Waals surface area contributed by atoms with Gasteiger partial charge in [0, 0.05) is 6.92 Å². The first-order chi connectivity index (χ1) is 3.66. The van der Waals surface area contributed by atoms with Gasteiger partial charge in [0.1, 0.15) is 0 Å². The van der Waals surface area contributed by atoms with Gasteiger partial charge in [-0.1, -0.05) is 6.58 Å². The fourth-order valence-electron chi connectivity index (χ4n) is 0.212. The van der Waals surface area contributed by atoms with Crippen LogP contribution in [0.25, 0.3) is 0 Å². The molecule has 0 saturated heterocycles. The van der Waals surface area contributed by atoms with Gasteiger partial charge in [-0.2, -0.15) is 5.11 Å². The van der Waals surface area contributed by atoms with Crippen LogP contribution in [0.3, 0.4) is 0 Å². The Labute approximate surface area is 47.6 Å². The number of rotatable bonds is 2. The van der Waals surface area contributed by atoms with Crippen molar-refractivity contribution in [2.45, 2.75) is 13.2 Å². The Morgan fingerprint density at radius 3 is 2.50 bits per heavy atom. The number of ether oxygens (including phenoxy) is 1. The highest BCUT2D eigenvalue weighted by Gasteiger charge is 2.00. The number of hydrogen-bond acceptors (Lipinski definition) is 2. The second-order valence-electron chi connectivity index (χ2n) is 1.21. The number of carbonyl (C=O) groups excluding carboxylic acids is 1. The summed E-state index contributed by atoms with van der Waals surface area (Å²) in [6.07, 6.45) is -0.394. The van der Waals surface area contributed by atoms with E-state index in [1.165, 1.54) is 6.92 Å². The van der Waals surface area contributed by atoms with Crippen molar-refractivity contribution >= 4 is 5.97 Å². The number of carbonyl (C=O) groups is 1. The van der Waals surface area contributed by atoms with Crippen molar-refractivity contribution in [1.82, 2.24) is 0 Å². The first-order valence-corrected chi connectivity index (χ1v) is 2.12. The average Bonchev–Trinajstić information content (AvgIpc) is 1.65. The molecule has 0 bridgehead atoms. The van der Waals surface area contributed by atoms with E-state index >= 15 is 0 Å². The van der Waals surface area contributed by atoms with Crippen LogP contribution in [0.4, 0.5) is 0 Å². The molecule has 3 heteroatoms. The van der Waals surface area contributed by atoms with Crippen LogP contribution in [0.15, 0.2) is 12.7 Å². The van der Waals surface area contributed by atoms with Crippen molar-refractivity contribution in [3.05, 3.63) is 12.7 Å². The second-order valence-corrected chi connectivity index (χ2v) is 1.21. The van der Waals surface area contributed by atoms with Crippen LogP contribution in [0.1, 0.15) is 6.92 Å². The highest BCUT2D eigenvalue weighted by Crippen LogP contribution is 1.87. The van der Waals surface area contributed by atoms with Gasteiger partial charge in [-0.05, 0) is 6.08 Å². The molecule has 0 aliphatic heterocycles. The van der Waals surface area contributed by atoms with Crippen molar-refractivity contribution in [2.75, 3.05) is 0 Å². The summed E-state index contributed by atoms with van der Waals surface area (Å²) in [5, 5.41) is 10.1. The fourth-order valence-corrected chi connectivity index (χ4v) is 0.212. The third-order valence-electron chi connectivity index (χ3n) is 0.475. The van der Waals surface area contributed by atoms with Crippen LogP contribution in [0.2, 0.25) is 0 Å². The Kier molecular flexibility index (Phi) is 2.88. The van der Waals surface area contributed by atoms with E-state index in [9.17, 15) is 9.90 Å². The van der Waals surface area contributed by atoms with Gasteiger partial charge in [0.2, 0.25) is 0 Å². The predicted molar refractivity (Wildman–Crippen MR) is 26.4 cm³/mol. The summed E-state index contributed by atoms with van der Waals surface area (Å²) in [6, 6.07) is 0. The first kappa shape index (κ1) is 7.17. The molecule has 1 radical (unpaired) electrons. The maximum absolute atomic E-state index is 10.1. The van der Waals surface area contributed by atoms with E-state index in [2.05, 4.69) is 11.3 Å². The highest BCUT2D eigenvalue weighted by molar-refractivity contribution is 5.66. The predicted octanol–water partition coefficient (Wildman–Crippen LogP) is 0.492. The maximum atomic E-state index is 10.1. The zero-order valence-corrected chi connectivity index (χ0v) is 4.59. The molecule has 0 aliphatic rings. The Hall–Kier alpha value is -0.830. The fraction of sp³-hybridized carbons (Fsp3) is 0.400. The van der Waals surface area contributed by atoms with Crippen molar-refractivity contribution in [3.63, 3.8) is 0 Å². The molecule has 0 aromatic carbocycles. The van der Waals surface area contributed by atoms with Gasteiger partial charge in [-0.3, -0.25) is 4.79 Å². The van der Waals surface area contributed by atoms with Gasteiger partial charge >= 0.3 is 5.97 Å². The molecule has 0 fully saturated rings. The van der Waals surface area contributed by atoms with Crippen LogP contribution in [-0.2, 0) is 14.6 Å². The van der Waals surface area contributed by atoms with Gasteiger partial charge in [0.05, 0.1) is 0 Å². The summed E-state index contributed by atoms with van der Waals surface area (Å²) in [7, 11) is 0. The molecule has 1 unspecified atom stereocenters. The number of esters is 1. The molecular formula is C5H7O3. The maximum Gasteiger partial charge on any atom is 0.305 e. The number of hydrogen-bond donors (Lipinski definition) is 0. The van der Waals surface area contributed by atoms with Crippen molar-refractivity contribution in [2.24, 2.45) is 0 Å². The van der Waals surface area contributed by atoms with E-state index in [4.69, 9.17) is 0 Å². The summed E-state index contributed by atoms with van der Waals surface area (Å²) in [4.78, 5) is 9.94. The molecule has 0 aromatic rings. The van der Waals surface area contributed by atoms with Gasteiger partial charge < -0.3 is 4.74 Å². The first-order valence-electron chi connectivity index (χ1n) is 2.12. The molecule has 0 aliphatic carbocycles. The summed E-state index contributed by atoms with van der Waals surface area (Å²) < 4.78 is 4.09. The lowest BCUT2D eigenvalue weighted by atomic mass is 10.6. The molecule has 0 spiro atoms. The smallest absolute Gasteiger partial charge is 0.305 e. The Balaban J connectivity index is 3.38. The van der Waals surface area contributed by atoms with E-state index in [0.717, 1.165) is 6.08 Å². The van der Waals surface area contributed by atoms with Crippen LogP contribution < -0.4 is 0 Å². The lowest BCUT2D eigenvalue weighted by Gasteiger charge is -1.99. The molecule has 0 N–H and O–H groups in total. The molecule has 0 saturated carbocycles. The van der Waals surface area contributed by atoms with Crippen molar-refractivity contribution in [1.29, 1.82) is 0 Å². The van der Waals surface area contributed by atoms with Gasteiger partial charge in [-0.25, -0.2) is 0 Å².